The molecule has 1 amide bonds. The summed E-state index contributed by atoms with van der Waals surface area (Å²) in [4.78, 5) is 15.0. The molecule has 0 spiro atoms. The molecule has 0 bridgehead atoms. The molecule has 1 aromatic carbocycles. The summed E-state index contributed by atoms with van der Waals surface area (Å²) in [5.41, 5.74) is 1.41. The zero-order valence-corrected chi connectivity index (χ0v) is 15.9. The highest BCUT2D eigenvalue weighted by molar-refractivity contribution is 7.89. The Morgan fingerprint density at radius 3 is 2.58 bits per heavy atom. The van der Waals surface area contributed by atoms with E-state index in [1.54, 1.807) is 18.7 Å². The zero-order valence-electron chi connectivity index (χ0n) is 15.1. The third kappa shape index (κ3) is 3.34. The van der Waals surface area contributed by atoms with Gasteiger partial charge in [-0.3, -0.25) is 4.79 Å². The molecule has 1 aliphatic heterocycles. The van der Waals surface area contributed by atoms with Gasteiger partial charge in [-0.15, -0.1) is 0 Å². The van der Waals surface area contributed by atoms with Crippen molar-refractivity contribution < 1.29 is 17.9 Å². The van der Waals surface area contributed by atoms with Crippen LogP contribution < -0.4 is 9.46 Å². The third-order valence-corrected chi connectivity index (χ3v) is 6.17. The van der Waals surface area contributed by atoms with E-state index in [9.17, 15) is 13.2 Å². The van der Waals surface area contributed by atoms with Crippen molar-refractivity contribution in [2.45, 2.75) is 23.8 Å². The van der Waals surface area contributed by atoms with Gasteiger partial charge in [-0.2, -0.15) is 0 Å². The highest BCUT2D eigenvalue weighted by atomic mass is 32.2. The molecule has 1 atom stereocenters. The number of ether oxygens (including phenoxy) is 1. The number of hydrogen-bond acceptors (Lipinski definition) is 4. The van der Waals surface area contributed by atoms with Crippen LogP contribution in [0.15, 0.2) is 41.4 Å². The number of aromatic nitrogens is 1. The van der Waals surface area contributed by atoms with Crippen LogP contribution in [0.4, 0.5) is 0 Å². The van der Waals surface area contributed by atoms with Crippen molar-refractivity contribution >= 4 is 15.9 Å². The molecule has 0 radical (unpaired) electrons. The second-order valence-electron chi connectivity index (χ2n) is 6.31. The van der Waals surface area contributed by atoms with E-state index < -0.39 is 10.0 Å². The van der Waals surface area contributed by atoms with Crippen molar-refractivity contribution in [3.63, 3.8) is 0 Å². The molecule has 1 N–H and O–H groups in total. The lowest BCUT2D eigenvalue weighted by atomic mass is 10.0. The lowest BCUT2D eigenvalue weighted by molar-refractivity contribution is 0.0726. The van der Waals surface area contributed by atoms with Gasteiger partial charge in [0.05, 0.1) is 13.2 Å². The number of nitrogens with zero attached hydrogens (tertiary/aromatic N) is 2. The summed E-state index contributed by atoms with van der Waals surface area (Å²) in [5, 5.41) is 0. The second-order valence-corrected chi connectivity index (χ2v) is 8.20. The molecule has 3 rings (SSSR count). The van der Waals surface area contributed by atoms with E-state index in [-0.39, 0.29) is 16.8 Å². The van der Waals surface area contributed by atoms with E-state index in [0.29, 0.717) is 12.2 Å². The highest BCUT2D eigenvalue weighted by Crippen LogP contribution is 2.34. The summed E-state index contributed by atoms with van der Waals surface area (Å²) in [6, 6.07) is 9.12. The van der Waals surface area contributed by atoms with Crippen LogP contribution in [-0.2, 0) is 17.1 Å². The van der Waals surface area contributed by atoms with Crippen LogP contribution in [-0.4, -0.2) is 44.5 Å². The molecule has 0 aliphatic carbocycles. The number of carbonyl (C=O) groups excluding carboxylic acids is 1. The fourth-order valence-electron chi connectivity index (χ4n) is 3.34. The Morgan fingerprint density at radius 1 is 1.27 bits per heavy atom. The SMILES string of the molecule is CNS(=O)(=O)c1cc(C(=O)N2CCCC2c2ccc(OC)cc2)n(C)c1. The summed E-state index contributed by atoms with van der Waals surface area (Å²) in [6.45, 7) is 0.648. The topological polar surface area (TPSA) is 80.6 Å². The number of nitrogens with one attached hydrogen (secondary N) is 1. The fraction of sp³-hybridized carbons (Fsp3) is 0.389. The number of methoxy groups -OCH3 is 1. The molecular formula is C18H23N3O4S. The first-order valence-electron chi connectivity index (χ1n) is 8.42. The van der Waals surface area contributed by atoms with Gasteiger partial charge in [-0.1, -0.05) is 12.1 Å². The van der Waals surface area contributed by atoms with E-state index in [4.69, 9.17) is 4.74 Å². The minimum absolute atomic E-state index is 0.0207. The smallest absolute Gasteiger partial charge is 0.271 e. The van der Waals surface area contributed by atoms with Crippen LogP contribution >= 0.6 is 0 Å². The van der Waals surface area contributed by atoms with E-state index in [1.807, 2.05) is 29.2 Å². The monoisotopic (exact) mass is 377 g/mol. The van der Waals surface area contributed by atoms with Gasteiger partial charge >= 0.3 is 0 Å². The third-order valence-electron chi connectivity index (χ3n) is 4.79. The molecular weight excluding hydrogens is 354 g/mol. The Labute approximate surface area is 153 Å². The summed E-state index contributed by atoms with van der Waals surface area (Å²) >= 11 is 0. The maximum atomic E-state index is 13.1. The van der Waals surface area contributed by atoms with Crippen LogP contribution in [0.25, 0.3) is 0 Å². The quantitative estimate of drug-likeness (QED) is 0.863. The van der Waals surface area contributed by atoms with Crippen LogP contribution in [0.1, 0.15) is 34.9 Å². The van der Waals surface area contributed by atoms with E-state index in [2.05, 4.69) is 4.72 Å². The minimum atomic E-state index is -3.59. The number of hydrogen-bond donors (Lipinski definition) is 1. The van der Waals surface area contributed by atoms with Crippen molar-refractivity contribution in [2.75, 3.05) is 20.7 Å². The molecule has 1 aromatic heterocycles. The van der Waals surface area contributed by atoms with Crippen molar-refractivity contribution in [3.05, 3.63) is 47.8 Å². The molecule has 1 fully saturated rings. The predicted octanol–water partition coefficient (Wildman–Crippen LogP) is 1.92. The molecule has 8 heteroatoms. The van der Waals surface area contributed by atoms with Gasteiger partial charge in [0, 0.05) is 19.8 Å². The first kappa shape index (κ1) is 18.5. The lowest BCUT2D eigenvalue weighted by Gasteiger charge is -2.25. The summed E-state index contributed by atoms with van der Waals surface area (Å²) in [6.07, 6.45) is 3.25. The van der Waals surface area contributed by atoms with Crippen molar-refractivity contribution in [3.8, 4) is 5.75 Å². The molecule has 7 nitrogen and oxygen atoms in total. The van der Waals surface area contributed by atoms with Gasteiger partial charge in [-0.05, 0) is 43.7 Å². The Hall–Kier alpha value is -2.32. The van der Waals surface area contributed by atoms with E-state index >= 15 is 0 Å². The maximum absolute atomic E-state index is 13.1. The molecule has 1 saturated heterocycles. The molecule has 2 aromatic rings. The molecule has 26 heavy (non-hydrogen) atoms. The Bertz CT molecular complexity index is 903. The highest BCUT2D eigenvalue weighted by Gasteiger charge is 2.32. The number of carbonyl (C=O) groups is 1. The fourth-order valence-corrected chi connectivity index (χ4v) is 4.14. The number of amides is 1. The normalized spacial score (nSPS) is 17.5. The molecule has 140 valence electrons. The molecule has 1 unspecified atom stereocenters. The van der Waals surface area contributed by atoms with Crippen LogP contribution in [0.3, 0.4) is 0 Å². The number of rotatable bonds is 5. The van der Waals surface area contributed by atoms with Crippen LogP contribution in [0.2, 0.25) is 0 Å². The molecule has 0 saturated carbocycles. The Kier molecular flexibility index (Phi) is 5.06. The predicted molar refractivity (Wildman–Crippen MR) is 97.7 cm³/mol. The van der Waals surface area contributed by atoms with Gasteiger partial charge in [0.25, 0.3) is 5.91 Å². The average Bonchev–Trinajstić information content (AvgIpc) is 3.28. The van der Waals surface area contributed by atoms with Gasteiger partial charge in [0.15, 0.2) is 0 Å². The Balaban J connectivity index is 1.89. The van der Waals surface area contributed by atoms with E-state index in [1.165, 1.54) is 19.3 Å². The zero-order chi connectivity index (χ0) is 18.9. The standard InChI is InChI=1S/C18H23N3O4S/c1-19-26(23,24)15-11-17(20(2)12-15)18(22)21-10-4-5-16(21)13-6-8-14(25-3)9-7-13/h6-9,11-12,16,19H,4-5,10H2,1-3H3. The lowest BCUT2D eigenvalue weighted by Crippen LogP contribution is -2.31. The minimum Gasteiger partial charge on any atom is -0.497 e. The van der Waals surface area contributed by atoms with Crippen molar-refractivity contribution in [1.29, 1.82) is 0 Å². The van der Waals surface area contributed by atoms with Crippen LogP contribution in [0, 0.1) is 0 Å². The average molecular weight is 377 g/mol. The van der Waals surface area contributed by atoms with Gasteiger partial charge in [-0.25, -0.2) is 13.1 Å². The van der Waals surface area contributed by atoms with Gasteiger partial charge < -0.3 is 14.2 Å². The van der Waals surface area contributed by atoms with Gasteiger partial charge in [0.2, 0.25) is 10.0 Å². The largest absolute Gasteiger partial charge is 0.497 e. The van der Waals surface area contributed by atoms with E-state index in [0.717, 1.165) is 24.2 Å². The molecule has 2 heterocycles. The van der Waals surface area contributed by atoms with Gasteiger partial charge in [0.1, 0.15) is 16.3 Å². The summed E-state index contributed by atoms with van der Waals surface area (Å²) in [7, 11) is 1.06. The Morgan fingerprint density at radius 2 is 1.96 bits per heavy atom. The van der Waals surface area contributed by atoms with Crippen molar-refractivity contribution in [2.24, 2.45) is 7.05 Å². The van der Waals surface area contributed by atoms with Crippen LogP contribution in [0.5, 0.6) is 5.75 Å². The first-order chi connectivity index (χ1) is 12.4. The summed E-state index contributed by atoms with van der Waals surface area (Å²) < 4.78 is 33.0. The summed E-state index contributed by atoms with van der Waals surface area (Å²) in [5.74, 6) is 0.609. The second kappa shape index (κ2) is 7.13. The molecule has 1 aliphatic rings. The maximum Gasteiger partial charge on any atom is 0.271 e. The van der Waals surface area contributed by atoms with Crippen molar-refractivity contribution in [1.82, 2.24) is 14.2 Å². The number of benzene rings is 1. The number of sulfonamides is 1. The first-order valence-corrected chi connectivity index (χ1v) is 9.90. The number of likely N-dealkylation sites (tertiary alicyclic amines) is 1. The number of aryl methyl sites for hydroxylation is 1.